The number of aryl methyl sites for hydroxylation is 1. The minimum Gasteiger partial charge on any atom is -0.496 e. The molecular formula is C28H27FN2O2. The summed E-state index contributed by atoms with van der Waals surface area (Å²) in [5.41, 5.74) is 7.79. The van der Waals surface area contributed by atoms with Gasteiger partial charge in [-0.3, -0.25) is 0 Å². The Labute approximate surface area is 193 Å². The lowest BCUT2D eigenvalue weighted by Gasteiger charge is -2.13. The quantitative estimate of drug-likeness (QED) is 0.232. The van der Waals surface area contributed by atoms with E-state index in [0.29, 0.717) is 6.61 Å². The molecule has 0 aliphatic heterocycles. The second-order valence-electron chi connectivity index (χ2n) is 7.97. The van der Waals surface area contributed by atoms with Gasteiger partial charge < -0.3 is 14.1 Å². The fourth-order valence-electron chi connectivity index (χ4n) is 3.98. The van der Waals surface area contributed by atoms with Gasteiger partial charge >= 0.3 is 0 Å². The maximum Gasteiger partial charge on any atom is 0.145 e. The van der Waals surface area contributed by atoms with Gasteiger partial charge in [-0.25, -0.2) is 4.39 Å². The largest absolute Gasteiger partial charge is 0.496 e. The van der Waals surface area contributed by atoms with Crippen molar-refractivity contribution < 1.29 is 14.0 Å². The minimum absolute atomic E-state index is 0.258. The van der Waals surface area contributed by atoms with Crippen LogP contribution in [0.5, 0.6) is 5.75 Å². The molecule has 0 radical (unpaired) electrons. The van der Waals surface area contributed by atoms with Crippen molar-refractivity contribution in [2.24, 2.45) is 5.16 Å². The van der Waals surface area contributed by atoms with E-state index < -0.39 is 0 Å². The van der Waals surface area contributed by atoms with E-state index in [0.717, 1.165) is 50.8 Å². The first-order valence-electron chi connectivity index (χ1n) is 10.8. The molecule has 1 heterocycles. The summed E-state index contributed by atoms with van der Waals surface area (Å²) in [4.78, 5) is 5.68. The molecule has 0 saturated carbocycles. The molecule has 1 aromatic heterocycles. The smallest absolute Gasteiger partial charge is 0.145 e. The molecule has 0 amide bonds. The molecular weight excluding hydrogens is 415 g/mol. The number of hydrogen-bond acceptors (Lipinski definition) is 3. The van der Waals surface area contributed by atoms with Crippen molar-refractivity contribution in [3.63, 3.8) is 0 Å². The third kappa shape index (κ3) is 4.82. The SMILES string of the molecule is COc1ccccc1CO/N=C(/C)c1cc(-c2ccc(F)cc2)n(-c2cccc(C)c2)c1C. The number of methoxy groups -OCH3 is 1. The van der Waals surface area contributed by atoms with E-state index in [4.69, 9.17) is 9.57 Å². The van der Waals surface area contributed by atoms with Gasteiger partial charge in [0.15, 0.2) is 0 Å². The lowest BCUT2D eigenvalue weighted by molar-refractivity contribution is 0.128. The lowest BCUT2D eigenvalue weighted by atomic mass is 10.1. The van der Waals surface area contributed by atoms with Crippen LogP contribution in [0.4, 0.5) is 4.39 Å². The zero-order chi connectivity index (χ0) is 23.4. The molecule has 5 heteroatoms. The van der Waals surface area contributed by atoms with Crippen LogP contribution in [0.25, 0.3) is 16.9 Å². The highest BCUT2D eigenvalue weighted by Crippen LogP contribution is 2.30. The van der Waals surface area contributed by atoms with Crippen LogP contribution in [0.1, 0.15) is 29.3 Å². The lowest BCUT2D eigenvalue weighted by Crippen LogP contribution is -2.03. The Morgan fingerprint density at radius 2 is 1.70 bits per heavy atom. The number of ether oxygens (including phenoxy) is 1. The number of oxime groups is 1. The average Bonchev–Trinajstić information content (AvgIpc) is 3.17. The molecule has 33 heavy (non-hydrogen) atoms. The van der Waals surface area contributed by atoms with Crippen LogP contribution < -0.4 is 4.74 Å². The number of benzene rings is 3. The van der Waals surface area contributed by atoms with Crippen LogP contribution in [-0.4, -0.2) is 17.4 Å². The van der Waals surface area contributed by atoms with E-state index in [2.05, 4.69) is 47.8 Å². The first-order valence-corrected chi connectivity index (χ1v) is 10.8. The van der Waals surface area contributed by atoms with Gasteiger partial charge in [0.05, 0.1) is 18.5 Å². The van der Waals surface area contributed by atoms with Gasteiger partial charge in [-0.05, 0) is 80.4 Å². The molecule has 0 bridgehead atoms. The van der Waals surface area contributed by atoms with Crippen LogP contribution in [-0.2, 0) is 11.4 Å². The molecule has 0 N–H and O–H groups in total. The number of para-hydroxylation sites is 1. The van der Waals surface area contributed by atoms with Crippen LogP contribution in [0.2, 0.25) is 0 Å². The van der Waals surface area contributed by atoms with Crippen molar-refractivity contribution in [2.75, 3.05) is 7.11 Å². The van der Waals surface area contributed by atoms with Gasteiger partial charge in [-0.2, -0.15) is 0 Å². The van der Waals surface area contributed by atoms with E-state index in [-0.39, 0.29) is 5.82 Å². The summed E-state index contributed by atoms with van der Waals surface area (Å²) in [5.74, 6) is 0.512. The molecule has 3 aromatic carbocycles. The van der Waals surface area contributed by atoms with Crippen molar-refractivity contribution in [3.8, 4) is 22.7 Å². The first-order chi connectivity index (χ1) is 16.0. The van der Waals surface area contributed by atoms with E-state index in [1.807, 2.05) is 37.3 Å². The fraction of sp³-hybridized carbons (Fsp3) is 0.179. The summed E-state index contributed by atoms with van der Waals surface area (Å²) in [6, 6.07) is 24.7. The van der Waals surface area contributed by atoms with Gasteiger partial charge in [-0.15, -0.1) is 0 Å². The predicted octanol–water partition coefficient (Wildman–Crippen LogP) is 6.85. The Morgan fingerprint density at radius 3 is 2.42 bits per heavy atom. The normalized spacial score (nSPS) is 11.5. The van der Waals surface area contributed by atoms with Gasteiger partial charge in [0.25, 0.3) is 0 Å². The molecule has 4 rings (SSSR count). The van der Waals surface area contributed by atoms with Crippen LogP contribution >= 0.6 is 0 Å². The number of nitrogens with zero attached hydrogens (tertiary/aromatic N) is 2. The Morgan fingerprint density at radius 1 is 0.939 bits per heavy atom. The highest BCUT2D eigenvalue weighted by Gasteiger charge is 2.17. The number of halogens is 1. The standard InChI is InChI=1S/C28H27FN2O2/c1-19-8-7-10-25(16-19)31-21(3)26(17-27(31)22-12-14-24(29)15-13-22)20(2)30-33-18-23-9-5-6-11-28(23)32-4/h5-17H,18H2,1-4H3/b30-20-. The van der Waals surface area contributed by atoms with Crippen LogP contribution in [0.3, 0.4) is 0 Å². The van der Waals surface area contributed by atoms with Gasteiger partial charge in [0, 0.05) is 22.5 Å². The van der Waals surface area contributed by atoms with E-state index in [9.17, 15) is 4.39 Å². The predicted molar refractivity (Wildman–Crippen MR) is 131 cm³/mol. The molecule has 0 fully saturated rings. The Kier molecular flexibility index (Phi) is 6.59. The number of hydrogen-bond donors (Lipinski definition) is 0. The molecule has 4 aromatic rings. The number of rotatable bonds is 7. The van der Waals surface area contributed by atoms with E-state index >= 15 is 0 Å². The topological polar surface area (TPSA) is 35.8 Å². The molecule has 0 spiro atoms. The molecule has 0 atom stereocenters. The minimum atomic E-state index is -0.258. The maximum atomic E-state index is 13.6. The zero-order valence-corrected chi connectivity index (χ0v) is 19.3. The van der Waals surface area contributed by atoms with Crippen molar-refractivity contribution in [1.29, 1.82) is 0 Å². The maximum absolute atomic E-state index is 13.6. The highest BCUT2D eigenvalue weighted by molar-refractivity contribution is 6.01. The Balaban J connectivity index is 1.71. The van der Waals surface area contributed by atoms with Crippen molar-refractivity contribution in [3.05, 3.63) is 107 Å². The molecule has 168 valence electrons. The van der Waals surface area contributed by atoms with Gasteiger partial charge in [0.1, 0.15) is 18.2 Å². The summed E-state index contributed by atoms with van der Waals surface area (Å²) in [5, 5.41) is 4.39. The number of aromatic nitrogens is 1. The van der Waals surface area contributed by atoms with Crippen molar-refractivity contribution in [2.45, 2.75) is 27.4 Å². The third-order valence-corrected chi connectivity index (χ3v) is 5.65. The summed E-state index contributed by atoms with van der Waals surface area (Å²) < 4.78 is 21.1. The molecule has 0 saturated heterocycles. The van der Waals surface area contributed by atoms with Crippen LogP contribution in [0.15, 0.2) is 84.0 Å². The summed E-state index contributed by atoms with van der Waals surface area (Å²) >= 11 is 0. The first kappa shape index (κ1) is 22.3. The molecule has 0 aliphatic carbocycles. The zero-order valence-electron chi connectivity index (χ0n) is 19.3. The van der Waals surface area contributed by atoms with Crippen LogP contribution in [0, 0.1) is 19.7 Å². The molecule has 0 unspecified atom stereocenters. The highest BCUT2D eigenvalue weighted by atomic mass is 19.1. The van der Waals surface area contributed by atoms with Gasteiger partial charge in [0.2, 0.25) is 0 Å². The molecule has 4 nitrogen and oxygen atoms in total. The summed E-state index contributed by atoms with van der Waals surface area (Å²) in [6.07, 6.45) is 0. The Bertz CT molecular complexity index is 1290. The van der Waals surface area contributed by atoms with Crippen molar-refractivity contribution >= 4 is 5.71 Å². The second-order valence-corrected chi connectivity index (χ2v) is 7.97. The van der Waals surface area contributed by atoms with Crippen molar-refractivity contribution in [1.82, 2.24) is 4.57 Å². The fourth-order valence-corrected chi connectivity index (χ4v) is 3.98. The Hall–Kier alpha value is -3.86. The summed E-state index contributed by atoms with van der Waals surface area (Å²) in [6.45, 7) is 6.37. The van der Waals surface area contributed by atoms with E-state index in [1.165, 1.54) is 12.1 Å². The average molecular weight is 443 g/mol. The summed E-state index contributed by atoms with van der Waals surface area (Å²) in [7, 11) is 1.64. The molecule has 0 aliphatic rings. The van der Waals surface area contributed by atoms with Gasteiger partial charge in [-0.1, -0.05) is 35.5 Å². The monoisotopic (exact) mass is 442 g/mol. The third-order valence-electron chi connectivity index (χ3n) is 5.65. The second kappa shape index (κ2) is 9.74. The van der Waals surface area contributed by atoms with E-state index in [1.54, 1.807) is 19.2 Å².